The zero-order valence-corrected chi connectivity index (χ0v) is 18.5. The van der Waals surface area contributed by atoms with Gasteiger partial charge in [-0.25, -0.2) is 4.98 Å². The van der Waals surface area contributed by atoms with Crippen LogP contribution in [0.5, 0.6) is 0 Å². The Labute approximate surface area is 180 Å². The quantitative estimate of drug-likeness (QED) is 0.276. The van der Waals surface area contributed by atoms with Gasteiger partial charge in [0.2, 0.25) is 0 Å². The molecule has 7 nitrogen and oxygen atoms in total. The standard InChI is InChI=1S/C19H20N4O3S3/c1-3-26-18(25)15(17-20-11(2)9-28-17)13(24)10-29-19-22-21-16(14-5-4-8-27-14)23(19)12-6-7-12/h4-5,8-9,12,15H,3,6-7,10H2,1-2H3/t15-/m1/s1. The van der Waals surface area contributed by atoms with Crippen molar-refractivity contribution in [1.29, 1.82) is 0 Å². The molecule has 10 heteroatoms. The van der Waals surface area contributed by atoms with E-state index in [1.165, 1.54) is 23.1 Å². The summed E-state index contributed by atoms with van der Waals surface area (Å²) < 4.78 is 7.25. The number of aromatic nitrogens is 4. The van der Waals surface area contributed by atoms with E-state index in [1.54, 1.807) is 18.3 Å². The number of carbonyl (C=O) groups excluding carboxylic acids is 2. The van der Waals surface area contributed by atoms with Crippen LogP contribution in [0.2, 0.25) is 0 Å². The molecule has 3 aromatic rings. The second-order valence-electron chi connectivity index (χ2n) is 6.65. The molecule has 0 unspecified atom stereocenters. The molecule has 1 aliphatic rings. The van der Waals surface area contributed by atoms with E-state index in [2.05, 4.69) is 19.7 Å². The molecule has 4 rings (SSSR count). The van der Waals surface area contributed by atoms with E-state index in [0.717, 1.165) is 29.2 Å². The number of hydrogen-bond donors (Lipinski definition) is 0. The minimum absolute atomic E-state index is 0.109. The number of ether oxygens (including phenoxy) is 1. The lowest BCUT2D eigenvalue weighted by Gasteiger charge is -2.12. The Bertz CT molecular complexity index is 1010. The maximum Gasteiger partial charge on any atom is 0.323 e. The normalized spacial score (nSPS) is 14.7. The predicted octanol–water partition coefficient (Wildman–Crippen LogP) is 4.11. The van der Waals surface area contributed by atoms with Crippen LogP contribution in [-0.2, 0) is 14.3 Å². The minimum atomic E-state index is -0.991. The van der Waals surface area contributed by atoms with Crippen LogP contribution in [0.4, 0.5) is 0 Å². The molecule has 1 saturated carbocycles. The van der Waals surface area contributed by atoms with Crippen LogP contribution in [0.3, 0.4) is 0 Å². The van der Waals surface area contributed by atoms with Gasteiger partial charge in [-0.2, -0.15) is 0 Å². The molecule has 0 radical (unpaired) electrons. The fourth-order valence-electron chi connectivity index (χ4n) is 2.93. The van der Waals surface area contributed by atoms with Crippen molar-refractivity contribution in [3.63, 3.8) is 0 Å². The Balaban J connectivity index is 1.53. The topological polar surface area (TPSA) is 87.0 Å². The molecule has 0 N–H and O–H groups in total. The van der Waals surface area contributed by atoms with Crippen LogP contribution >= 0.6 is 34.4 Å². The molecular formula is C19H20N4O3S3. The molecule has 0 saturated heterocycles. The van der Waals surface area contributed by atoms with Gasteiger partial charge in [0.25, 0.3) is 0 Å². The van der Waals surface area contributed by atoms with E-state index < -0.39 is 11.9 Å². The van der Waals surface area contributed by atoms with Crippen LogP contribution < -0.4 is 0 Å². The van der Waals surface area contributed by atoms with Gasteiger partial charge in [0, 0.05) is 17.1 Å². The van der Waals surface area contributed by atoms with Crippen molar-refractivity contribution < 1.29 is 14.3 Å². The second-order valence-corrected chi connectivity index (χ2v) is 9.43. The molecule has 0 aromatic carbocycles. The molecule has 0 spiro atoms. The number of thioether (sulfide) groups is 1. The second kappa shape index (κ2) is 8.76. The van der Waals surface area contributed by atoms with E-state index >= 15 is 0 Å². The van der Waals surface area contributed by atoms with Gasteiger partial charge in [0.15, 0.2) is 22.7 Å². The highest BCUT2D eigenvalue weighted by Crippen LogP contribution is 2.42. The van der Waals surface area contributed by atoms with Crippen molar-refractivity contribution in [3.05, 3.63) is 33.6 Å². The van der Waals surface area contributed by atoms with Gasteiger partial charge in [-0.1, -0.05) is 17.8 Å². The molecule has 1 aliphatic carbocycles. The Kier molecular flexibility index (Phi) is 6.12. The lowest BCUT2D eigenvalue weighted by atomic mass is 10.1. The van der Waals surface area contributed by atoms with Gasteiger partial charge in [0.05, 0.1) is 17.2 Å². The van der Waals surface area contributed by atoms with Crippen molar-refractivity contribution in [3.8, 4) is 10.7 Å². The first-order valence-corrected chi connectivity index (χ1v) is 12.1. The highest BCUT2D eigenvalue weighted by molar-refractivity contribution is 7.99. The summed E-state index contributed by atoms with van der Waals surface area (Å²) >= 11 is 4.25. The SMILES string of the molecule is CCOC(=O)[C@H](C(=O)CSc1nnc(-c2cccs2)n1C1CC1)c1nc(C)cs1. The lowest BCUT2D eigenvalue weighted by Crippen LogP contribution is -2.25. The number of aryl methyl sites for hydroxylation is 1. The van der Waals surface area contributed by atoms with Gasteiger partial charge in [-0.05, 0) is 38.1 Å². The number of hydrogen-bond acceptors (Lipinski definition) is 9. The maximum absolute atomic E-state index is 13.0. The fraction of sp³-hybridized carbons (Fsp3) is 0.421. The van der Waals surface area contributed by atoms with Crippen molar-refractivity contribution in [2.24, 2.45) is 0 Å². The summed E-state index contributed by atoms with van der Waals surface area (Å²) in [5.41, 5.74) is 0.786. The van der Waals surface area contributed by atoms with Gasteiger partial charge >= 0.3 is 5.97 Å². The molecule has 1 atom stereocenters. The summed E-state index contributed by atoms with van der Waals surface area (Å²) in [7, 11) is 0. The Morgan fingerprint density at radius 3 is 2.79 bits per heavy atom. The number of ketones is 1. The Morgan fingerprint density at radius 1 is 1.34 bits per heavy atom. The molecular weight excluding hydrogens is 428 g/mol. The summed E-state index contributed by atoms with van der Waals surface area (Å²) in [5, 5.41) is 13.7. The maximum atomic E-state index is 13.0. The zero-order valence-electron chi connectivity index (χ0n) is 16.0. The van der Waals surface area contributed by atoms with E-state index in [9.17, 15) is 9.59 Å². The molecule has 0 amide bonds. The van der Waals surface area contributed by atoms with Crippen molar-refractivity contribution in [2.75, 3.05) is 12.4 Å². The predicted molar refractivity (Wildman–Crippen MR) is 114 cm³/mol. The number of rotatable bonds is 9. The summed E-state index contributed by atoms with van der Waals surface area (Å²) in [4.78, 5) is 30.8. The molecule has 3 heterocycles. The van der Waals surface area contributed by atoms with Crippen LogP contribution in [-0.4, -0.2) is 43.9 Å². The molecule has 0 bridgehead atoms. The van der Waals surface area contributed by atoms with E-state index in [4.69, 9.17) is 4.74 Å². The van der Waals surface area contributed by atoms with Crippen molar-refractivity contribution in [1.82, 2.24) is 19.7 Å². The van der Waals surface area contributed by atoms with Crippen LogP contribution in [0.15, 0.2) is 28.0 Å². The highest BCUT2D eigenvalue weighted by atomic mass is 32.2. The molecule has 29 heavy (non-hydrogen) atoms. The third-order valence-electron chi connectivity index (χ3n) is 4.39. The smallest absolute Gasteiger partial charge is 0.323 e. The Morgan fingerprint density at radius 2 is 2.17 bits per heavy atom. The monoisotopic (exact) mass is 448 g/mol. The number of nitrogens with zero attached hydrogens (tertiary/aromatic N) is 4. The van der Waals surface area contributed by atoms with E-state index in [0.29, 0.717) is 16.2 Å². The van der Waals surface area contributed by atoms with E-state index in [1.807, 2.05) is 29.8 Å². The number of esters is 1. The van der Waals surface area contributed by atoms with Crippen molar-refractivity contribution in [2.45, 2.75) is 43.8 Å². The first-order valence-electron chi connectivity index (χ1n) is 9.31. The van der Waals surface area contributed by atoms with E-state index in [-0.39, 0.29) is 18.1 Å². The van der Waals surface area contributed by atoms with Gasteiger partial charge in [-0.3, -0.25) is 14.2 Å². The number of thiazole rings is 1. The molecule has 152 valence electrons. The minimum Gasteiger partial charge on any atom is -0.465 e. The third-order valence-corrected chi connectivity index (χ3v) is 7.25. The summed E-state index contributed by atoms with van der Waals surface area (Å²) in [6, 6.07) is 4.39. The summed E-state index contributed by atoms with van der Waals surface area (Å²) in [5.74, 6) is -0.816. The van der Waals surface area contributed by atoms with Crippen molar-refractivity contribution >= 4 is 46.2 Å². The van der Waals surface area contributed by atoms with Gasteiger partial charge in [-0.15, -0.1) is 32.9 Å². The number of carbonyl (C=O) groups is 2. The van der Waals surface area contributed by atoms with Crippen LogP contribution in [0, 0.1) is 6.92 Å². The van der Waals surface area contributed by atoms with Gasteiger partial charge < -0.3 is 4.74 Å². The first-order chi connectivity index (χ1) is 14.1. The number of Topliss-reactive ketones (excluding diaryl/α,β-unsaturated/α-hetero) is 1. The highest BCUT2D eigenvalue weighted by Gasteiger charge is 2.34. The zero-order chi connectivity index (χ0) is 20.4. The number of thiophene rings is 1. The fourth-order valence-corrected chi connectivity index (χ4v) is 5.45. The van der Waals surface area contributed by atoms with Crippen LogP contribution in [0.1, 0.15) is 42.4 Å². The molecule has 3 aromatic heterocycles. The third kappa shape index (κ3) is 4.44. The first kappa shape index (κ1) is 20.2. The molecule has 1 fully saturated rings. The average Bonchev–Trinajstić information content (AvgIpc) is 3.09. The largest absolute Gasteiger partial charge is 0.465 e. The Hall–Kier alpha value is -2.04. The van der Waals surface area contributed by atoms with Crippen LogP contribution in [0.25, 0.3) is 10.7 Å². The molecule has 0 aliphatic heterocycles. The summed E-state index contributed by atoms with van der Waals surface area (Å²) in [6.45, 7) is 3.79. The van der Waals surface area contributed by atoms with Gasteiger partial charge in [0.1, 0.15) is 5.01 Å². The average molecular weight is 449 g/mol. The summed E-state index contributed by atoms with van der Waals surface area (Å²) in [6.07, 6.45) is 2.17. The lowest BCUT2D eigenvalue weighted by molar-refractivity contribution is -0.147.